The van der Waals surface area contributed by atoms with Crippen LogP contribution in [0.15, 0.2) is 12.7 Å². The summed E-state index contributed by atoms with van der Waals surface area (Å²) in [4.78, 5) is 60.9. The van der Waals surface area contributed by atoms with E-state index >= 15 is 0 Å². The quantitative estimate of drug-likeness (QED) is 0.397. The number of rotatable bonds is 5. The highest BCUT2D eigenvalue weighted by Crippen LogP contribution is 2.19. The second kappa shape index (κ2) is 5.96. The third-order valence-corrected chi connectivity index (χ3v) is 3.60. The number of carboxylic acids is 1. The van der Waals surface area contributed by atoms with Crippen LogP contribution in [0.25, 0.3) is 0 Å². The summed E-state index contributed by atoms with van der Waals surface area (Å²) in [5, 5.41) is 9.04. The highest BCUT2D eigenvalue weighted by molar-refractivity contribution is 6.45. The molecule has 0 unspecified atom stereocenters. The van der Waals surface area contributed by atoms with Gasteiger partial charge in [-0.05, 0) is 12.8 Å². The zero-order valence-corrected chi connectivity index (χ0v) is 11.7. The van der Waals surface area contributed by atoms with Crippen molar-refractivity contribution in [3.63, 3.8) is 0 Å². The van der Waals surface area contributed by atoms with Gasteiger partial charge in [0.1, 0.15) is 12.6 Å². The number of nitrogens with zero attached hydrogens (tertiary/aromatic N) is 3. The molecule has 2 saturated heterocycles. The van der Waals surface area contributed by atoms with Gasteiger partial charge in [-0.3, -0.25) is 19.3 Å². The first-order valence-electron chi connectivity index (χ1n) is 6.69. The van der Waals surface area contributed by atoms with Crippen LogP contribution in [0.4, 0.5) is 4.79 Å². The predicted molar refractivity (Wildman–Crippen MR) is 71.4 cm³/mol. The van der Waals surface area contributed by atoms with Crippen LogP contribution >= 0.6 is 0 Å². The van der Waals surface area contributed by atoms with Crippen LogP contribution in [0.1, 0.15) is 12.8 Å². The van der Waals surface area contributed by atoms with Crippen LogP contribution in [0, 0.1) is 0 Å². The summed E-state index contributed by atoms with van der Waals surface area (Å²) in [5.41, 5.74) is 0. The summed E-state index contributed by atoms with van der Waals surface area (Å²) < 4.78 is 0. The zero-order chi connectivity index (χ0) is 16.4. The van der Waals surface area contributed by atoms with Gasteiger partial charge in [-0.2, -0.15) is 0 Å². The fraction of sp³-hybridized carbons (Fsp3) is 0.462. The highest BCUT2D eigenvalue weighted by Gasteiger charge is 2.46. The van der Waals surface area contributed by atoms with Crippen LogP contribution < -0.4 is 0 Å². The van der Waals surface area contributed by atoms with Gasteiger partial charge in [0.2, 0.25) is 5.91 Å². The van der Waals surface area contributed by atoms with Crippen molar-refractivity contribution >= 4 is 29.7 Å². The molecule has 0 aromatic heterocycles. The molecule has 2 heterocycles. The Kier molecular flexibility index (Phi) is 4.25. The van der Waals surface area contributed by atoms with E-state index < -0.39 is 42.3 Å². The van der Waals surface area contributed by atoms with Crippen LogP contribution in [0.5, 0.6) is 0 Å². The summed E-state index contributed by atoms with van der Waals surface area (Å²) in [5.74, 6) is -3.91. The number of carbonyl (C=O) groups is 5. The lowest BCUT2D eigenvalue weighted by atomic mass is 10.2. The Morgan fingerprint density at radius 2 is 1.86 bits per heavy atom. The van der Waals surface area contributed by atoms with Crippen molar-refractivity contribution in [1.82, 2.24) is 14.7 Å². The first-order valence-corrected chi connectivity index (χ1v) is 6.69. The van der Waals surface area contributed by atoms with Gasteiger partial charge >= 0.3 is 23.8 Å². The minimum absolute atomic E-state index is 0.129. The standard InChI is InChI=1S/C13H15N3O6/c1-2-5-15-10(18)11(19)16(13(15)22)7-9(17)14-6-3-4-8(14)12(20)21/h2,8H,1,3-7H2,(H,20,21)/t8-/m1/s1. The Balaban J connectivity index is 2.10. The van der Waals surface area contributed by atoms with Crippen LogP contribution in [0.2, 0.25) is 0 Å². The van der Waals surface area contributed by atoms with E-state index in [1.807, 2.05) is 0 Å². The molecule has 5 amide bonds. The van der Waals surface area contributed by atoms with Gasteiger partial charge in [0.25, 0.3) is 0 Å². The van der Waals surface area contributed by atoms with Crippen molar-refractivity contribution in [2.24, 2.45) is 0 Å². The largest absolute Gasteiger partial charge is 0.480 e. The lowest BCUT2D eigenvalue weighted by molar-refractivity contribution is -0.149. The molecule has 1 atom stereocenters. The Morgan fingerprint density at radius 1 is 1.23 bits per heavy atom. The molecule has 2 rings (SSSR count). The maximum Gasteiger partial charge on any atom is 0.335 e. The number of imide groups is 2. The van der Waals surface area contributed by atoms with Crippen molar-refractivity contribution in [3.05, 3.63) is 12.7 Å². The van der Waals surface area contributed by atoms with Gasteiger partial charge in [-0.1, -0.05) is 6.08 Å². The summed E-state index contributed by atoms with van der Waals surface area (Å²) >= 11 is 0. The highest BCUT2D eigenvalue weighted by atomic mass is 16.4. The summed E-state index contributed by atoms with van der Waals surface area (Å²) in [6, 6.07) is -1.85. The lowest BCUT2D eigenvalue weighted by Crippen LogP contribution is -2.47. The number of carbonyl (C=O) groups excluding carboxylic acids is 4. The number of urea groups is 1. The van der Waals surface area contributed by atoms with E-state index in [1.165, 1.54) is 6.08 Å². The summed E-state index contributed by atoms with van der Waals surface area (Å²) in [7, 11) is 0. The van der Waals surface area contributed by atoms with Crippen molar-refractivity contribution in [3.8, 4) is 0 Å². The van der Waals surface area contributed by atoms with Crippen LogP contribution in [-0.2, 0) is 19.2 Å². The molecule has 9 nitrogen and oxygen atoms in total. The van der Waals surface area contributed by atoms with Gasteiger partial charge in [0.15, 0.2) is 0 Å². The molecular weight excluding hydrogens is 294 g/mol. The van der Waals surface area contributed by atoms with E-state index in [1.54, 1.807) is 0 Å². The second-order valence-corrected chi connectivity index (χ2v) is 4.96. The Bertz CT molecular complexity index is 572. The molecule has 0 bridgehead atoms. The van der Waals surface area contributed by atoms with E-state index in [9.17, 15) is 24.0 Å². The molecule has 118 valence electrons. The number of amides is 5. The van der Waals surface area contributed by atoms with E-state index in [-0.39, 0.29) is 13.1 Å². The number of hydrogen-bond donors (Lipinski definition) is 1. The molecule has 0 aliphatic carbocycles. The molecule has 0 radical (unpaired) electrons. The maximum atomic E-state index is 12.1. The van der Waals surface area contributed by atoms with Gasteiger partial charge in [-0.15, -0.1) is 6.58 Å². The number of carboxylic acid groups (broad SMARTS) is 1. The number of hydrogen-bond acceptors (Lipinski definition) is 5. The summed E-state index contributed by atoms with van der Waals surface area (Å²) in [6.45, 7) is 2.86. The van der Waals surface area contributed by atoms with Gasteiger partial charge in [0, 0.05) is 13.1 Å². The molecule has 1 N–H and O–H groups in total. The van der Waals surface area contributed by atoms with E-state index in [4.69, 9.17) is 5.11 Å². The fourth-order valence-electron chi connectivity index (χ4n) is 2.53. The monoisotopic (exact) mass is 309 g/mol. The first-order chi connectivity index (χ1) is 10.4. The molecule has 0 saturated carbocycles. The zero-order valence-electron chi connectivity index (χ0n) is 11.7. The molecule has 2 fully saturated rings. The van der Waals surface area contributed by atoms with Crippen LogP contribution in [0.3, 0.4) is 0 Å². The minimum atomic E-state index is -1.13. The van der Waals surface area contributed by atoms with Gasteiger partial charge < -0.3 is 10.0 Å². The number of likely N-dealkylation sites (tertiary alicyclic amines) is 1. The predicted octanol–water partition coefficient (Wildman–Crippen LogP) is -0.961. The Labute approximate surface area is 125 Å². The molecule has 22 heavy (non-hydrogen) atoms. The molecule has 0 aromatic carbocycles. The van der Waals surface area contributed by atoms with E-state index in [0.29, 0.717) is 22.6 Å². The van der Waals surface area contributed by atoms with Crippen molar-refractivity contribution < 1.29 is 29.1 Å². The first kappa shape index (κ1) is 15.7. The fourth-order valence-corrected chi connectivity index (χ4v) is 2.53. The van der Waals surface area contributed by atoms with E-state index in [2.05, 4.69) is 6.58 Å². The second-order valence-electron chi connectivity index (χ2n) is 4.96. The third kappa shape index (κ3) is 2.57. The van der Waals surface area contributed by atoms with Gasteiger partial charge in [-0.25, -0.2) is 14.5 Å². The van der Waals surface area contributed by atoms with E-state index in [0.717, 1.165) is 4.90 Å². The minimum Gasteiger partial charge on any atom is -0.480 e. The van der Waals surface area contributed by atoms with Crippen LogP contribution in [-0.4, -0.2) is 75.2 Å². The lowest BCUT2D eigenvalue weighted by Gasteiger charge is -2.23. The smallest absolute Gasteiger partial charge is 0.335 e. The Hall–Kier alpha value is -2.71. The Morgan fingerprint density at radius 3 is 2.45 bits per heavy atom. The average Bonchev–Trinajstić information content (AvgIpc) is 3.03. The van der Waals surface area contributed by atoms with Crippen molar-refractivity contribution in [1.29, 1.82) is 0 Å². The van der Waals surface area contributed by atoms with Gasteiger partial charge in [0.05, 0.1) is 0 Å². The molecule has 0 spiro atoms. The third-order valence-electron chi connectivity index (χ3n) is 3.60. The van der Waals surface area contributed by atoms with Crippen molar-refractivity contribution in [2.75, 3.05) is 19.6 Å². The topological polar surface area (TPSA) is 115 Å². The molecule has 2 aliphatic rings. The SMILES string of the molecule is C=CCN1C(=O)C(=O)N(CC(=O)N2CCC[C@@H]2C(=O)O)C1=O. The average molecular weight is 309 g/mol. The molecular formula is C13H15N3O6. The number of aliphatic carboxylic acids is 1. The maximum absolute atomic E-state index is 12.1. The summed E-state index contributed by atoms with van der Waals surface area (Å²) in [6.07, 6.45) is 2.14. The van der Waals surface area contributed by atoms with Crippen molar-refractivity contribution in [2.45, 2.75) is 18.9 Å². The molecule has 9 heteroatoms. The normalized spacial score (nSPS) is 21.7. The molecule has 2 aliphatic heterocycles. The molecule has 0 aromatic rings.